The molecule has 0 fully saturated rings. The second-order valence-corrected chi connectivity index (χ2v) is 12.2. The number of methoxy groups -OCH3 is 1. The van der Waals surface area contributed by atoms with Crippen LogP contribution < -0.4 is 4.72 Å². The third-order valence-electron chi connectivity index (χ3n) is 7.59. The fourth-order valence-electron chi connectivity index (χ4n) is 5.40. The van der Waals surface area contributed by atoms with Crippen LogP contribution in [0.5, 0.6) is 0 Å². The number of aromatic nitrogens is 3. The van der Waals surface area contributed by atoms with Crippen LogP contribution in [0.4, 0.5) is 5.88 Å². The maximum Gasteiger partial charge on any atom is 0.264 e. The fourth-order valence-corrected chi connectivity index (χ4v) is 6.67. The maximum absolute atomic E-state index is 13.5. The van der Waals surface area contributed by atoms with Gasteiger partial charge in [0.15, 0.2) is 5.78 Å². The van der Waals surface area contributed by atoms with Gasteiger partial charge in [-0.2, -0.15) is 0 Å². The van der Waals surface area contributed by atoms with Crippen LogP contribution in [0, 0.1) is 13.8 Å². The summed E-state index contributed by atoms with van der Waals surface area (Å²) in [5, 5.41) is 3.86. The average molecular weight is 577 g/mol. The van der Waals surface area contributed by atoms with E-state index in [0.29, 0.717) is 29.8 Å². The van der Waals surface area contributed by atoms with Gasteiger partial charge in [0.05, 0.1) is 22.9 Å². The molecule has 2 heterocycles. The first kappa shape index (κ1) is 28.8. The summed E-state index contributed by atoms with van der Waals surface area (Å²) < 4.78 is 42.5. The Morgan fingerprint density at radius 1 is 1.07 bits per heavy atom. The first-order valence-electron chi connectivity index (χ1n) is 14.0. The number of anilines is 1. The summed E-state index contributed by atoms with van der Waals surface area (Å²) in [6.07, 6.45) is 4.96. The van der Waals surface area contributed by atoms with Crippen molar-refractivity contribution >= 4 is 21.7 Å². The molecule has 1 N–H and O–H groups in total. The van der Waals surface area contributed by atoms with E-state index < -0.39 is 10.0 Å². The van der Waals surface area contributed by atoms with Gasteiger partial charge in [-0.25, -0.2) is 18.1 Å². The first-order valence-corrected chi connectivity index (χ1v) is 15.5. The van der Waals surface area contributed by atoms with E-state index in [1.165, 1.54) is 0 Å². The number of benzene rings is 2. The number of hydrogen-bond donors (Lipinski definition) is 1. The van der Waals surface area contributed by atoms with Gasteiger partial charge < -0.3 is 13.8 Å². The lowest BCUT2D eigenvalue weighted by atomic mass is 9.97. The number of carbonyl (C=O) groups is 1. The lowest BCUT2D eigenvalue weighted by Gasteiger charge is -2.17. The molecule has 9 nitrogen and oxygen atoms in total. The van der Waals surface area contributed by atoms with Gasteiger partial charge in [-0.05, 0) is 62.3 Å². The number of nitrogens with one attached hydrogen (secondary N) is 1. The summed E-state index contributed by atoms with van der Waals surface area (Å²) in [7, 11) is -2.38. The standard InChI is InChI=1S/C31H36N4O5S/c1-5-10-29-32-26-12-7-8-13-27(36)30(26)35(29)18-22-15-16-24(23(17-22)19-39-4)25-11-6-9-14-28(25)41(37,38)34-31-20(2)21(3)33-40-31/h6,9,11,14-17,34H,5,7-8,10,12-13,18-19H2,1-4H3. The first-order chi connectivity index (χ1) is 19.7. The Morgan fingerprint density at radius 3 is 2.59 bits per heavy atom. The zero-order valence-electron chi connectivity index (χ0n) is 24.0. The van der Waals surface area contributed by atoms with Gasteiger partial charge in [-0.15, -0.1) is 0 Å². The summed E-state index contributed by atoms with van der Waals surface area (Å²) in [5.41, 5.74) is 6.02. The monoisotopic (exact) mass is 576 g/mol. The molecule has 0 amide bonds. The van der Waals surface area contributed by atoms with Crippen molar-refractivity contribution in [1.82, 2.24) is 14.7 Å². The van der Waals surface area contributed by atoms with Gasteiger partial charge in [0, 0.05) is 37.6 Å². The van der Waals surface area contributed by atoms with Crippen molar-refractivity contribution in [2.75, 3.05) is 11.8 Å². The molecule has 41 heavy (non-hydrogen) atoms. The smallest absolute Gasteiger partial charge is 0.264 e. The van der Waals surface area contributed by atoms with E-state index in [0.717, 1.165) is 66.0 Å². The summed E-state index contributed by atoms with van der Waals surface area (Å²) >= 11 is 0. The molecule has 5 rings (SSSR count). The van der Waals surface area contributed by atoms with Crippen LogP contribution in [-0.2, 0) is 40.8 Å². The van der Waals surface area contributed by atoms with Gasteiger partial charge in [-0.1, -0.05) is 48.5 Å². The normalized spacial score (nSPS) is 13.7. The molecule has 0 unspecified atom stereocenters. The molecule has 2 aromatic carbocycles. The van der Waals surface area contributed by atoms with E-state index in [9.17, 15) is 13.2 Å². The summed E-state index contributed by atoms with van der Waals surface area (Å²) in [5.74, 6) is 1.19. The van der Waals surface area contributed by atoms with Crippen LogP contribution in [0.25, 0.3) is 11.1 Å². The predicted octanol–water partition coefficient (Wildman–Crippen LogP) is 6.01. The van der Waals surface area contributed by atoms with E-state index in [1.807, 2.05) is 24.3 Å². The molecule has 1 aliphatic rings. The Hall–Kier alpha value is -3.76. The minimum atomic E-state index is -3.99. The molecule has 0 bridgehead atoms. The van der Waals surface area contributed by atoms with Crippen molar-refractivity contribution in [1.29, 1.82) is 0 Å². The minimum absolute atomic E-state index is 0.0988. The van der Waals surface area contributed by atoms with E-state index in [-0.39, 0.29) is 23.2 Å². The SMILES string of the molecule is CCCc1nc2c(n1Cc1ccc(-c3ccccc3S(=O)(=O)Nc3onc(C)c3C)c(COC)c1)C(=O)CCCC2. The lowest BCUT2D eigenvalue weighted by Crippen LogP contribution is -2.15. The van der Waals surface area contributed by atoms with Crippen molar-refractivity contribution in [3.8, 4) is 11.1 Å². The third kappa shape index (κ3) is 5.85. The van der Waals surface area contributed by atoms with Gasteiger partial charge >= 0.3 is 0 Å². The van der Waals surface area contributed by atoms with Crippen molar-refractivity contribution in [2.24, 2.45) is 0 Å². The van der Waals surface area contributed by atoms with E-state index in [4.69, 9.17) is 14.2 Å². The quantitative estimate of drug-likeness (QED) is 0.230. The topological polar surface area (TPSA) is 116 Å². The Morgan fingerprint density at radius 2 is 1.85 bits per heavy atom. The van der Waals surface area contributed by atoms with Gasteiger partial charge in [-0.3, -0.25) is 4.79 Å². The molecule has 1 aliphatic carbocycles. The number of hydrogen-bond acceptors (Lipinski definition) is 7. The highest BCUT2D eigenvalue weighted by Crippen LogP contribution is 2.33. The van der Waals surface area contributed by atoms with E-state index in [1.54, 1.807) is 39.2 Å². The van der Waals surface area contributed by atoms with Crippen LogP contribution >= 0.6 is 0 Å². The number of ketones is 1. The van der Waals surface area contributed by atoms with Gasteiger partial charge in [0.1, 0.15) is 11.5 Å². The molecule has 0 saturated carbocycles. The summed E-state index contributed by atoms with van der Waals surface area (Å²) in [6, 6.07) is 12.8. The predicted molar refractivity (Wildman–Crippen MR) is 157 cm³/mol. The third-order valence-corrected chi connectivity index (χ3v) is 8.97. The van der Waals surface area contributed by atoms with E-state index >= 15 is 0 Å². The molecule has 0 saturated heterocycles. The van der Waals surface area contributed by atoms with Crippen LogP contribution in [0.3, 0.4) is 0 Å². The highest BCUT2D eigenvalue weighted by atomic mass is 32.2. The number of fused-ring (bicyclic) bond motifs is 1. The number of aryl methyl sites for hydroxylation is 3. The molecule has 0 radical (unpaired) electrons. The number of sulfonamides is 1. The molecule has 10 heteroatoms. The number of imidazole rings is 1. The number of ether oxygens (including phenoxy) is 1. The van der Waals surface area contributed by atoms with Gasteiger partial charge in [0.2, 0.25) is 5.88 Å². The number of carbonyl (C=O) groups excluding carboxylic acids is 1. The van der Waals surface area contributed by atoms with Crippen LogP contribution in [0.1, 0.15) is 77.0 Å². The molecular formula is C31H36N4O5S. The number of rotatable bonds is 10. The highest BCUT2D eigenvalue weighted by Gasteiger charge is 2.26. The Labute approximate surface area is 241 Å². The number of nitrogens with zero attached hydrogens (tertiary/aromatic N) is 3. The molecule has 4 aromatic rings. The van der Waals surface area contributed by atoms with Crippen molar-refractivity contribution in [3.05, 3.63) is 82.1 Å². The zero-order valence-corrected chi connectivity index (χ0v) is 24.8. The molecule has 0 aliphatic heterocycles. The Balaban J connectivity index is 1.54. The minimum Gasteiger partial charge on any atom is -0.380 e. The van der Waals surface area contributed by atoms with Crippen molar-refractivity contribution in [2.45, 2.75) is 77.3 Å². The maximum atomic E-state index is 13.5. The fraction of sp³-hybridized carbons (Fsp3) is 0.387. The van der Waals surface area contributed by atoms with Crippen LogP contribution in [-0.4, -0.2) is 36.0 Å². The zero-order chi connectivity index (χ0) is 29.1. The Kier molecular flexibility index (Phi) is 8.42. The average Bonchev–Trinajstić information content (AvgIpc) is 3.37. The Bertz CT molecular complexity index is 1690. The van der Waals surface area contributed by atoms with Crippen molar-refractivity contribution in [3.63, 3.8) is 0 Å². The summed E-state index contributed by atoms with van der Waals surface area (Å²) in [6.45, 7) is 6.41. The number of Topliss-reactive ketones (excluding diaryl/α,β-unsaturated/α-hetero) is 1. The largest absolute Gasteiger partial charge is 0.380 e. The molecule has 216 valence electrons. The second kappa shape index (κ2) is 12.0. The molecule has 0 atom stereocenters. The molecule has 2 aromatic heterocycles. The van der Waals surface area contributed by atoms with Gasteiger partial charge in [0.25, 0.3) is 10.0 Å². The lowest BCUT2D eigenvalue weighted by molar-refractivity contribution is 0.0973. The summed E-state index contributed by atoms with van der Waals surface area (Å²) in [4.78, 5) is 18.1. The van der Waals surface area contributed by atoms with E-state index in [2.05, 4.69) is 21.4 Å². The molecule has 0 spiro atoms. The van der Waals surface area contributed by atoms with Crippen molar-refractivity contribution < 1.29 is 22.5 Å². The second-order valence-electron chi connectivity index (χ2n) is 10.5. The highest BCUT2D eigenvalue weighted by molar-refractivity contribution is 7.92. The molecular weight excluding hydrogens is 540 g/mol. The van der Waals surface area contributed by atoms with Crippen LogP contribution in [0.15, 0.2) is 51.9 Å². The van der Waals surface area contributed by atoms with Crippen LogP contribution in [0.2, 0.25) is 0 Å².